The molecule has 0 atom stereocenters. The van der Waals surface area contributed by atoms with Gasteiger partial charge in [-0.05, 0) is 31.5 Å². The number of para-hydroxylation sites is 1. The first-order chi connectivity index (χ1) is 9.61. The van der Waals surface area contributed by atoms with Crippen molar-refractivity contribution in [1.82, 2.24) is 0 Å². The zero-order chi connectivity index (χ0) is 14.5. The van der Waals surface area contributed by atoms with Crippen LogP contribution in [0.5, 0.6) is 5.75 Å². The zero-order valence-electron chi connectivity index (χ0n) is 12.4. The van der Waals surface area contributed by atoms with E-state index in [2.05, 4.69) is 36.1 Å². The van der Waals surface area contributed by atoms with Crippen LogP contribution in [-0.2, 0) is 6.54 Å². The predicted octanol–water partition coefficient (Wildman–Crippen LogP) is 3.61. The van der Waals surface area contributed by atoms with E-state index in [1.807, 2.05) is 32.2 Å². The van der Waals surface area contributed by atoms with Gasteiger partial charge in [0.15, 0.2) is 0 Å². The van der Waals surface area contributed by atoms with Crippen molar-refractivity contribution in [1.29, 1.82) is 0 Å². The minimum absolute atomic E-state index is 0.620. The molecule has 3 heteroatoms. The lowest BCUT2D eigenvalue weighted by Crippen LogP contribution is -2.18. The molecule has 0 aromatic heterocycles. The molecule has 0 fully saturated rings. The first-order valence-corrected chi connectivity index (χ1v) is 6.89. The average molecular weight is 270 g/mol. The highest BCUT2D eigenvalue weighted by Crippen LogP contribution is 2.32. The quantitative estimate of drug-likeness (QED) is 0.843. The summed E-state index contributed by atoms with van der Waals surface area (Å²) in [5.74, 6) is 0.751. The second-order valence-electron chi connectivity index (χ2n) is 4.97. The number of benzene rings is 2. The van der Waals surface area contributed by atoms with Crippen molar-refractivity contribution in [2.45, 2.75) is 20.4 Å². The molecule has 0 unspecified atom stereocenters. The van der Waals surface area contributed by atoms with Gasteiger partial charge >= 0.3 is 0 Å². The Morgan fingerprint density at radius 2 is 1.90 bits per heavy atom. The fraction of sp³-hybridized carbons (Fsp3) is 0.294. The Hall–Kier alpha value is -2.16. The topological polar surface area (TPSA) is 38.5 Å². The molecule has 20 heavy (non-hydrogen) atoms. The van der Waals surface area contributed by atoms with Crippen molar-refractivity contribution in [3.63, 3.8) is 0 Å². The summed E-state index contributed by atoms with van der Waals surface area (Å²) in [6.07, 6.45) is 0. The predicted molar refractivity (Wildman–Crippen MR) is 85.3 cm³/mol. The monoisotopic (exact) mass is 270 g/mol. The lowest BCUT2D eigenvalue weighted by atomic mass is 10.1. The molecule has 0 aliphatic heterocycles. The van der Waals surface area contributed by atoms with Gasteiger partial charge < -0.3 is 15.4 Å². The molecule has 0 radical (unpaired) electrons. The Morgan fingerprint density at radius 1 is 1.15 bits per heavy atom. The standard InChI is InChI=1S/C17H22N2O/c1-4-20-16-10-6-9-15(17(16)18)19(3)12-14-8-5-7-13(2)11-14/h5-11H,4,12,18H2,1-3H3. The highest BCUT2D eigenvalue weighted by Gasteiger charge is 2.10. The summed E-state index contributed by atoms with van der Waals surface area (Å²) in [5.41, 5.74) is 10.4. The molecule has 0 bridgehead atoms. The molecular formula is C17H22N2O. The molecule has 0 saturated carbocycles. The van der Waals surface area contributed by atoms with Crippen LogP contribution in [0.4, 0.5) is 11.4 Å². The van der Waals surface area contributed by atoms with Crippen LogP contribution < -0.4 is 15.4 Å². The maximum Gasteiger partial charge on any atom is 0.144 e. The average Bonchev–Trinajstić information content (AvgIpc) is 2.41. The Labute approximate surface area is 121 Å². The van der Waals surface area contributed by atoms with Crippen molar-refractivity contribution in [2.75, 3.05) is 24.3 Å². The molecule has 2 aromatic rings. The highest BCUT2D eigenvalue weighted by molar-refractivity contribution is 5.73. The number of nitrogens with zero attached hydrogens (tertiary/aromatic N) is 1. The van der Waals surface area contributed by atoms with E-state index in [0.717, 1.165) is 18.0 Å². The molecule has 0 aliphatic carbocycles. The normalized spacial score (nSPS) is 10.3. The third-order valence-corrected chi connectivity index (χ3v) is 3.26. The molecule has 2 rings (SSSR count). The summed E-state index contributed by atoms with van der Waals surface area (Å²) in [4.78, 5) is 2.15. The second kappa shape index (κ2) is 6.33. The molecular weight excluding hydrogens is 248 g/mol. The van der Waals surface area contributed by atoms with Crippen molar-refractivity contribution in [2.24, 2.45) is 0 Å². The highest BCUT2D eigenvalue weighted by atomic mass is 16.5. The van der Waals surface area contributed by atoms with E-state index >= 15 is 0 Å². The lowest BCUT2D eigenvalue weighted by molar-refractivity contribution is 0.342. The maximum absolute atomic E-state index is 6.19. The molecule has 0 saturated heterocycles. The minimum atomic E-state index is 0.620. The van der Waals surface area contributed by atoms with E-state index in [-0.39, 0.29) is 0 Å². The van der Waals surface area contributed by atoms with Gasteiger partial charge in [-0.3, -0.25) is 0 Å². The molecule has 3 nitrogen and oxygen atoms in total. The lowest BCUT2D eigenvalue weighted by Gasteiger charge is -2.22. The smallest absolute Gasteiger partial charge is 0.144 e. The summed E-state index contributed by atoms with van der Waals surface area (Å²) in [6, 6.07) is 14.4. The minimum Gasteiger partial charge on any atom is -0.492 e. The SMILES string of the molecule is CCOc1cccc(N(C)Cc2cccc(C)c2)c1N. The number of ether oxygens (including phenoxy) is 1. The number of anilines is 2. The zero-order valence-corrected chi connectivity index (χ0v) is 12.4. The summed E-state index contributed by atoms with van der Waals surface area (Å²) < 4.78 is 5.55. The largest absolute Gasteiger partial charge is 0.492 e. The van der Waals surface area contributed by atoms with E-state index in [1.54, 1.807) is 0 Å². The van der Waals surface area contributed by atoms with E-state index in [9.17, 15) is 0 Å². The van der Waals surface area contributed by atoms with E-state index in [1.165, 1.54) is 11.1 Å². The summed E-state index contributed by atoms with van der Waals surface area (Å²) in [6.45, 7) is 5.51. The Kier molecular flexibility index (Phi) is 4.51. The molecule has 0 spiro atoms. The molecule has 0 aliphatic rings. The third-order valence-electron chi connectivity index (χ3n) is 3.26. The van der Waals surface area contributed by atoms with Crippen LogP contribution in [0.1, 0.15) is 18.1 Å². The maximum atomic E-state index is 6.19. The van der Waals surface area contributed by atoms with Crippen LogP contribution in [0, 0.1) is 6.92 Å². The number of aryl methyl sites for hydroxylation is 1. The van der Waals surface area contributed by atoms with Gasteiger partial charge in [-0.1, -0.05) is 35.9 Å². The van der Waals surface area contributed by atoms with Crippen LogP contribution in [-0.4, -0.2) is 13.7 Å². The van der Waals surface area contributed by atoms with Gasteiger partial charge in [-0.2, -0.15) is 0 Å². The van der Waals surface area contributed by atoms with Crippen molar-refractivity contribution in [3.8, 4) is 5.75 Å². The fourth-order valence-corrected chi connectivity index (χ4v) is 2.32. The van der Waals surface area contributed by atoms with Gasteiger partial charge in [0.2, 0.25) is 0 Å². The number of hydrogen-bond acceptors (Lipinski definition) is 3. The van der Waals surface area contributed by atoms with Crippen molar-refractivity contribution >= 4 is 11.4 Å². The molecule has 2 aromatic carbocycles. The Morgan fingerprint density at radius 3 is 2.60 bits per heavy atom. The van der Waals surface area contributed by atoms with Crippen molar-refractivity contribution < 1.29 is 4.74 Å². The third kappa shape index (κ3) is 3.23. The van der Waals surface area contributed by atoms with Gasteiger partial charge in [-0.15, -0.1) is 0 Å². The van der Waals surface area contributed by atoms with Gasteiger partial charge in [0.25, 0.3) is 0 Å². The van der Waals surface area contributed by atoms with Crippen LogP contribution in [0.25, 0.3) is 0 Å². The van der Waals surface area contributed by atoms with Gasteiger partial charge in [-0.25, -0.2) is 0 Å². The molecule has 2 N–H and O–H groups in total. The van der Waals surface area contributed by atoms with Gasteiger partial charge in [0.1, 0.15) is 5.75 Å². The van der Waals surface area contributed by atoms with E-state index < -0.39 is 0 Å². The number of nitrogen functional groups attached to an aromatic ring is 1. The van der Waals surface area contributed by atoms with Crippen LogP contribution in [0.2, 0.25) is 0 Å². The number of rotatable bonds is 5. The van der Waals surface area contributed by atoms with Gasteiger partial charge in [0.05, 0.1) is 18.0 Å². The number of hydrogen-bond donors (Lipinski definition) is 1. The summed E-state index contributed by atoms with van der Waals surface area (Å²) in [5, 5.41) is 0. The first kappa shape index (κ1) is 14.3. The first-order valence-electron chi connectivity index (χ1n) is 6.89. The second-order valence-corrected chi connectivity index (χ2v) is 4.97. The summed E-state index contributed by atoms with van der Waals surface area (Å²) in [7, 11) is 2.05. The van der Waals surface area contributed by atoms with Crippen molar-refractivity contribution in [3.05, 3.63) is 53.6 Å². The van der Waals surface area contributed by atoms with E-state index in [4.69, 9.17) is 10.5 Å². The van der Waals surface area contributed by atoms with Crippen LogP contribution >= 0.6 is 0 Å². The van der Waals surface area contributed by atoms with Crippen LogP contribution in [0.15, 0.2) is 42.5 Å². The molecule has 106 valence electrons. The van der Waals surface area contributed by atoms with E-state index in [0.29, 0.717) is 12.3 Å². The van der Waals surface area contributed by atoms with Crippen LogP contribution in [0.3, 0.4) is 0 Å². The Bertz CT molecular complexity index is 581. The molecule has 0 heterocycles. The number of nitrogens with two attached hydrogens (primary N) is 1. The van der Waals surface area contributed by atoms with Gasteiger partial charge in [0, 0.05) is 13.6 Å². The Balaban J connectivity index is 2.21. The fourth-order valence-electron chi connectivity index (χ4n) is 2.32. The molecule has 0 amide bonds. The summed E-state index contributed by atoms with van der Waals surface area (Å²) >= 11 is 0.